The number of benzene rings is 2. The van der Waals surface area contributed by atoms with Crippen LogP contribution in [0.15, 0.2) is 66.4 Å². The van der Waals surface area contributed by atoms with Gasteiger partial charge in [-0.15, -0.1) is 0 Å². The minimum atomic E-state index is -0.579. The standard InChI is InChI=1S/C24H25NO4/c1-24(2)19-10-6-7-11-20(19)25(3)22(24)15-18(26)16-29-23(27)14-13-17-9-5-8-12-21(17)28-4/h5-15H,16H2,1-4H3. The lowest BCUT2D eigenvalue weighted by Gasteiger charge is -2.23. The van der Waals surface area contributed by atoms with E-state index in [1.165, 1.54) is 11.6 Å². The molecule has 0 atom stereocenters. The zero-order valence-electron chi connectivity index (χ0n) is 17.1. The normalized spacial score (nSPS) is 16.1. The monoisotopic (exact) mass is 391 g/mol. The van der Waals surface area contributed by atoms with E-state index >= 15 is 0 Å². The van der Waals surface area contributed by atoms with Crippen molar-refractivity contribution in [3.63, 3.8) is 0 Å². The SMILES string of the molecule is COc1ccccc1C=CC(=O)OCC(=O)C=C1N(C)c2ccccc2C1(C)C. The number of para-hydroxylation sites is 2. The van der Waals surface area contributed by atoms with Crippen molar-refractivity contribution in [2.24, 2.45) is 0 Å². The molecule has 5 heteroatoms. The summed E-state index contributed by atoms with van der Waals surface area (Å²) in [5.74, 6) is -0.180. The maximum Gasteiger partial charge on any atom is 0.331 e. The number of likely N-dealkylation sites (N-methyl/N-ethyl adjacent to an activating group) is 1. The Morgan fingerprint density at radius 2 is 1.76 bits per heavy atom. The van der Waals surface area contributed by atoms with Crippen molar-refractivity contribution in [1.29, 1.82) is 0 Å². The first kappa shape index (κ1) is 20.4. The van der Waals surface area contributed by atoms with Crippen LogP contribution in [-0.4, -0.2) is 32.5 Å². The van der Waals surface area contributed by atoms with Gasteiger partial charge in [0.25, 0.3) is 0 Å². The maximum absolute atomic E-state index is 12.4. The average Bonchev–Trinajstić information content (AvgIpc) is 2.92. The highest BCUT2D eigenvalue weighted by Gasteiger charge is 2.38. The molecule has 0 spiro atoms. The third-order valence-corrected chi connectivity index (χ3v) is 5.13. The molecule has 0 N–H and O–H groups in total. The minimum absolute atomic E-state index is 0.258. The molecule has 1 aliphatic heterocycles. The molecule has 29 heavy (non-hydrogen) atoms. The Bertz CT molecular complexity index is 988. The molecule has 5 nitrogen and oxygen atoms in total. The highest BCUT2D eigenvalue weighted by molar-refractivity contribution is 5.96. The van der Waals surface area contributed by atoms with Crippen molar-refractivity contribution >= 4 is 23.5 Å². The molecule has 0 fully saturated rings. The van der Waals surface area contributed by atoms with E-state index in [1.54, 1.807) is 25.3 Å². The number of anilines is 1. The highest BCUT2D eigenvalue weighted by atomic mass is 16.5. The first-order valence-electron chi connectivity index (χ1n) is 9.40. The Kier molecular flexibility index (Phi) is 5.87. The van der Waals surface area contributed by atoms with E-state index in [2.05, 4.69) is 19.9 Å². The number of hydrogen-bond acceptors (Lipinski definition) is 5. The predicted molar refractivity (Wildman–Crippen MR) is 114 cm³/mol. The summed E-state index contributed by atoms with van der Waals surface area (Å²) in [6.07, 6.45) is 4.46. The summed E-state index contributed by atoms with van der Waals surface area (Å²) in [5, 5.41) is 0. The summed E-state index contributed by atoms with van der Waals surface area (Å²) in [6, 6.07) is 15.4. The molecule has 0 aromatic heterocycles. The van der Waals surface area contributed by atoms with Crippen LogP contribution in [0.4, 0.5) is 5.69 Å². The lowest BCUT2D eigenvalue weighted by molar-refractivity contribution is -0.141. The van der Waals surface area contributed by atoms with Gasteiger partial charge in [0.05, 0.1) is 7.11 Å². The molecule has 150 valence electrons. The van der Waals surface area contributed by atoms with Crippen LogP contribution < -0.4 is 9.64 Å². The smallest absolute Gasteiger partial charge is 0.331 e. The number of carbonyl (C=O) groups excluding carboxylic acids is 2. The van der Waals surface area contributed by atoms with Crippen molar-refractivity contribution in [2.75, 3.05) is 25.7 Å². The number of rotatable bonds is 6. The Morgan fingerprint density at radius 1 is 1.07 bits per heavy atom. The van der Waals surface area contributed by atoms with E-state index < -0.39 is 5.97 Å². The molecule has 0 saturated heterocycles. The number of esters is 1. The number of methoxy groups -OCH3 is 1. The fourth-order valence-electron chi connectivity index (χ4n) is 3.61. The third kappa shape index (κ3) is 4.24. The van der Waals surface area contributed by atoms with Gasteiger partial charge in [0.1, 0.15) is 5.75 Å². The molecular formula is C24H25NO4. The Morgan fingerprint density at radius 3 is 2.48 bits per heavy atom. The molecular weight excluding hydrogens is 366 g/mol. The van der Waals surface area contributed by atoms with Gasteiger partial charge in [-0.3, -0.25) is 4.79 Å². The molecule has 0 radical (unpaired) electrons. The quantitative estimate of drug-likeness (QED) is 0.547. The molecule has 1 aliphatic rings. The van der Waals surface area contributed by atoms with Crippen molar-refractivity contribution in [3.8, 4) is 5.75 Å². The Labute approximate surface area is 171 Å². The lowest BCUT2D eigenvalue weighted by atomic mass is 9.83. The van der Waals surface area contributed by atoms with E-state index in [0.29, 0.717) is 5.75 Å². The predicted octanol–water partition coefficient (Wildman–Crippen LogP) is 4.13. The van der Waals surface area contributed by atoms with Gasteiger partial charge in [-0.1, -0.05) is 50.2 Å². The van der Waals surface area contributed by atoms with Gasteiger partial charge in [0.2, 0.25) is 0 Å². The molecule has 2 aromatic carbocycles. The summed E-state index contributed by atoms with van der Waals surface area (Å²) in [6.45, 7) is 3.85. The zero-order chi connectivity index (χ0) is 21.0. The third-order valence-electron chi connectivity index (χ3n) is 5.13. The maximum atomic E-state index is 12.4. The number of nitrogens with zero attached hydrogens (tertiary/aromatic N) is 1. The number of hydrogen-bond donors (Lipinski definition) is 0. The van der Waals surface area contributed by atoms with Crippen LogP contribution in [0.5, 0.6) is 5.75 Å². The molecule has 0 saturated carbocycles. The summed E-state index contributed by atoms with van der Waals surface area (Å²) in [5.41, 5.74) is 3.58. The summed E-state index contributed by atoms with van der Waals surface area (Å²) >= 11 is 0. The van der Waals surface area contributed by atoms with Gasteiger partial charge in [0.15, 0.2) is 12.4 Å². The number of ketones is 1. The van der Waals surface area contributed by atoms with Crippen molar-refractivity contribution in [2.45, 2.75) is 19.3 Å². The molecule has 0 unspecified atom stereocenters. The lowest BCUT2D eigenvalue weighted by Crippen LogP contribution is -2.25. The second kappa shape index (κ2) is 8.35. The Hall–Kier alpha value is -3.34. The summed E-state index contributed by atoms with van der Waals surface area (Å²) < 4.78 is 10.3. The average molecular weight is 391 g/mol. The molecule has 0 amide bonds. The van der Waals surface area contributed by atoms with Gasteiger partial charge < -0.3 is 14.4 Å². The van der Waals surface area contributed by atoms with Crippen LogP contribution in [0.3, 0.4) is 0 Å². The van der Waals surface area contributed by atoms with Gasteiger partial charge in [0, 0.05) is 41.6 Å². The fraction of sp³-hybridized carbons (Fsp3) is 0.250. The molecule has 1 heterocycles. The number of ether oxygens (including phenoxy) is 2. The fourth-order valence-corrected chi connectivity index (χ4v) is 3.61. The molecule has 0 aliphatic carbocycles. The van der Waals surface area contributed by atoms with Crippen LogP contribution in [0.25, 0.3) is 6.08 Å². The van der Waals surface area contributed by atoms with Crippen LogP contribution in [0, 0.1) is 0 Å². The van der Waals surface area contributed by atoms with Crippen LogP contribution >= 0.6 is 0 Å². The van der Waals surface area contributed by atoms with E-state index in [0.717, 1.165) is 16.9 Å². The highest BCUT2D eigenvalue weighted by Crippen LogP contribution is 2.46. The van der Waals surface area contributed by atoms with E-state index in [4.69, 9.17) is 9.47 Å². The summed E-state index contributed by atoms with van der Waals surface area (Å²) in [7, 11) is 3.51. The Balaban J connectivity index is 1.64. The second-order valence-corrected chi connectivity index (χ2v) is 7.38. The van der Waals surface area contributed by atoms with Gasteiger partial charge in [-0.05, 0) is 23.8 Å². The van der Waals surface area contributed by atoms with Crippen molar-refractivity contribution in [1.82, 2.24) is 0 Å². The number of allylic oxidation sites excluding steroid dienone is 1. The number of fused-ring (bicyclic) bond motifs is 1. The zero-order valence-corrected chi connectivity index (χ0v) is 17.1. The van der Waals surface area contributed by atoms with Crippen LogP contribution in [0.2, 0.25) is 0 Å². The molecule has 3 rings (SSSR count). The molecule has 0 bridgehead atoms. The van der Waals surface area contributed by atoms with Gasteiger partial charge in [-0.2, -0.15) is 0 Å². The van der Waals surface area contributed by atoms with Crippen molar-refractivity contribution in [3.05, 3.63) is 77.5 Å². The van der Waals surface area contributed by atoms with Crippen LogP contribution in [0.1, 0.15) is 25.0 Å². The van der Waals surface area contributed by atoms with E-state index in [1.807, 2.05) is 48.3 Å². The van der Waals surface area contributed by atoms with Gasteiger partial charge >= 0.3 is 5.97 Å². The summed E-state index contributed by atoms with van der Waals surface area (Å²) in [4.78, 5) is 26.4. The first-order valence-corrected chi connectivity index (χ1v) is 9.40. The second-order valence-electron chi connectivity index (χ2n) is 7.38. The number of carbonyl (C=O) groups is 2. The van der Waals surface area contributed by atoms with E-state index in [9.17, 15) is 9.59 Å². The minimum Gasteiger partial charge on any atom is -0.496 e. The van der Waals surface area contributed by atoms with Gasteiger partial charge in [-0.25, -0.2) is 4.79 Å². The molecule has 2 aromatic rings. The van der Waals surface area contributed by atoms with Crippen molar-refractivity contribution < 1.29 is 19.1 Å². The largest absolute Gasteiger partial charge is 0.496 e. The van der Waals surface area contributed by atoms with Crippen LogP contribution in [-0.2, 0) is 19.7 Å². The topological polar surface area (TPSA) is 55.8 Å². The first-order chi connectivity index (χ1) is 13.8. The van der Waals surface area contributed by atoms with E-state index in [-0.39, 0.29) is 17.8 Å².